The number of aryl methyl sites for hydroxylation is 1. The molecule has 1 saturated carbocycles. The molecule has 7 heteroatoms. The maximum Gasteiger partial charge on any atom is 0.307 e. The molecule has 2 bridgehead atoms. The number of halogens is 1. The first-order valence-corrected chi connectivity index (χ1v) is 8.28. The van der Waals surface area contributed by atoms with Crippen LogP contribution in [0.4, 0.5) is 15.8 Å². The van der Waals surface area contributed by atoms with E-state index < -0.39 is 29.5 Å². The van der Waals surface area contributed by atoms with E-state index in [1.165, 1.54) is 12.1 Å². The monoisotopic (exact) mass is 344 g/mol. The average molecular weight is 344 g/mol. The topological polar surface area (TPSA) is 95.5 Å². The highest BCUT2D eigenvalue weighted by molar-refractivity contribution is 5.98. The molecule has 1 aromatic carbocycles. The lowest BCUT2D eigenvalue weighted by Gasteiger charge is -2.24. The number of allylic oxidation sites excluding steroid dienone is 2. The van der Waals surface area contributed by atoms with E-state index in [9.17, 15) is 23.9 Å². The van der Waals surface area contributed by atoms with E-state index in [-0.39, 0.29) is 23.4 Å². The molecule has 2 amide bonds. The van der Waals surface area contributed by atoms with Crippen molar-refractivity contribution in [2.45, 2.75) is 19.3 Å². The van der Waals surface area contributed by atoms with Gasteiger partial charge in [-0.1, -0.05) is 12.2 Å². The van der Waals surface area contributed by atoms with E-state index in [1.807, 2.05) is 12.2 Å². The predicted octanol–water partition coefficient (Wildman–Crippen LogP) is 2.17. The Labute approximate surface area is 143 Å². The van der Waals surface area contributed by atoms with E-state index in [0.29, 0.717) is 24.9 Å². The summed E-state index contributed by atoms with van der Waals surface area (Å²) in [6.07, 6.45) is 5.17. The number of fused-ring (bicyclic) bond motifs is 3. The summed E-state index contributed by atoms with van der Waals surface area (Å²) in [7, 11) is 0. The molecular weight excluding hydrogens is 327 g/mol. The van der Waals surface area contributed by atoms with Gasteiger partial charge >= 0.3 is 5.97 Å². The highest BCUT2D eigenvalue weighted by atomic mass is 19.1. The predicted molar refractivity (Wildman–Crippen MR) is 87.3 cm³/mol. The zero-order valence-electron chi connectivity index (χ0n) is 13.3. The minimum Gasteiger partial charge on any atom is -0.481 e. The van der Waals surface area contributed by atoms with Gasteiger partial charge in [-0.25, -0.2) is 4.39 Å². The third kappa shape index (κ3) is 2.59. The minimum absolute atomic E-state index is 0.0239. The van der Waals surface area contributed by atoms with Gasteiger partial charge in [0.2, 0.25) is 11.8 Å². The Kier molecular flexibility index (Phi) is 3.59. The highest BCUT2D eigenvalue weighted by Gasteiger charge is 2.51. The largest absolute Gasteiger partial charge is 0.481 e. The van der Waals surface area contributed by atoms with Crippen LogP contribution in [0, 0.1) is 29.5 Å². The molecule has 0 radical (unpaired) electrons. The molecule has 0 saturated heterocycles. The van der Waals surface area contributed by atoms with Crippen LogP contribution in [0.15, 0.2) is 24.3 Å². The maximum atomic E-state index is 14.3. The molecule has 3 aliphatic rings. The zero-order chi connectivity index (χ0) is 17.7. The van der Waals surface area contributed by atoms with Gasteiger partial charge in [0.1, 0.15) is 5.82 Å². The molecule has 130 valence electrons. The van der Waals surface area contributed by atoms with Gasteiger partial charge < -0.3 is 15.7 Å². The Hall–Kier alpha value is -2.70. The van der Waals surface area contributed by atoms with Gasteiger partial charge in [0.15, 0.2) is 0 Å². The third-order valence-corrected chi connectivity index (χ3v) is 5.39. The molecule has 1 fully saturated rings. The van der Waals surface area contributed by atoms with E-state index in [1.54, 1.807) is 0 Å². The van der Waals surface area contributed by atoms with Crippen LogP contribution in [-0.2, 0) is 20.8 Å². The van der Waals surface area contributed by atoms with Crippen molar-refractivity contribution in [3.05, 3.63) is 35.7 Å². The first kappa shape index (κ1) is 15.8. The number of aliphatic carboxylic acids is 1. The second kappa shape index (κ2) is 5.68. The number of hydrogen-bond donors (Lipinski definition) is 3. The summed E-state index contributed by atoms with van der Waals surface area (Å²) in [5, 5.41) is 14.6. The number of nitrogens with one attached hydrogen (secondary N) is 2. The van der Waals surface area contributed by atoms with Crippen LogP contribution in [0.1, 0.15) is 18.4 Å². The molecule has 3 N–H and O–H groups in total. The van der Waals surface area contributed by atoms with Crippen LogP contribution in [0.3, 0.4) is 0 Å². The fourth-order valence-corrected chi connectivity index (χ4v) is 4.23. The highest BCUT2D eigenvalue weighted by Crippen LogP contribution is 2.48. The molecule has 1 aromatic rings. The van der Waals surface area contributed by atoms with Crippen molar-refractivity contribution in [2.75, 3.05) is 10.6 Å². The number of hydrogen-bond acceptors (Lipinski definition) is 3. The van der Waals surface area contributed by atoms with Crippen LogP contribution in [0.5, 0.6) is 0 Å². The molecule has 1 aliphatic heterocycles. The van der Waals surface area contributed by atoms with Crippen molar-refractivity contribution in [2.24, 2.45) is 23.7 Å². The molecular formula is C18H17FN2O4. The standard InChI is InChI=1S/C18H17FN2O4/c19-11-7-12-8(3-4-14(22)20-12)6-13(11)21-17(23)15-9-1-2-10(5-9)16(15)18(24)25/h1-2,6-7,9-10,15-16H,3-5H2,(H,20,22)(H,21,23)(H,24,25)/t9-,10-,15-,16+/m0/s1. The molecule has 25 heavy (non-hydrogen) atoms. The molecule has 6 nitrogen and oxygen atoms in total. The second-order valence-corrected chi connectivity index (χ2v) is 6.86. The number of anilines is 2. The van der Waals surface area contributed by atoms with Crippen molar-refractivity contribution in [1.82, 2.24) is 0 Å². The summed E-state index contributed by atoms with van der Waals surface area (Å²) in [4.78, 5) is 35.5. The number of carboxylic acid groups (broad SMARTS) is 1. The number of benzene rings is 1. The lowest BCUT2D eigenvalue weighted by molar-refractivity contribution is -0.146. The van der Waals surface area contributed by atoms with Crippen molar-refractivity contribution in [3.8, 4) is 0 Å². The Morgan fingerprint density at radius 2 is 1.88 bits per heavy atom. The Bertz CT molecular complexity index is 820. The van der Waals surface area contributed by atoms with E-state index >= 15 is 0 Å². The van der Waals surface area contributed by atoms with Gasteiger partial charge in [0.25, 0.3) is 0 Å². The number of carbonyl (C=O) groups is 3. The summed E-state index contributed by atoms with van der Waals surface area (Å²) < 4.78 is 14.3. The van der Waals surface area contributed by atoms with E-state index in [4.69, 9.17) is 0 Å². The molecule has 0 spiro atoms. The number of carboxylic acids is 1. The van der Waals surface area contributed by atoms with Crippen molar-refractivity contribution in [1.29, 1.82) is 0 Å². The summed E-state index contributed by atoms with van der Waals surface area (Å²) in [6.45, 7) is 0. The maximum absolute atomic E-state index is 14.3. The van der Waals surface area contributed by atoms with Crippen LogP contribution in [-0.4, -0.2) is 22.9 Å². The Morgan fingerprint density at radius 3 is 2.60 bits per heavy atom. The molecule has 4 rings (SSSR count). The Balaban J connectivity index is 1.58. The fourth-order valence-electron chi connectivity index (χ4n) is 4.23. The molecule has 0 aromatic heterocycles. The fraction of sp³-hybridized carbons (Fsp3) is 0.389. The van der Waals surface area contributed by atoms with Crippen LogP contribution >= 0.6 is 0 Å². The van der Waals surface area contributed by atoms with Crippen molar-refractivity contribution >= 4 is 29.2 Å². The average Bonchev–Trinajstić information content (AvgIpc) is 3.16. The molecule has 1 heterocycles. The summed E-state index contributed by atoms with van der Waals surface area (Å²) in [5.74, 6) is -4.00. The first-order valence-electron chi connectivity index (χ1n) is 8.28. The van der Waals surface area contributed by atoms with Gasteiger partial charge in [-0.15, -0.1) is 0 Å². The van der Waals surface area contributed by atoms with Crippen molar-refractivity contribution < 1.29 is 23.9 Å². The zero-order valence-corrected chi connectivity index (χ0v) is 13.3. The van der Waals surface area contributed by atoms with Gasteiger partial charge in [0.05, 0.1) is 17.5 Å². The number of rotatable bonds is 3. The minimum atomic E-state index is -0.995. The van der Waals surface area contributed by atoms with E-state index in [2.05, 4.69) is 10.6 Å². The van der Waals surface area contributed by atoms with Gasteiger partial charge in [-0.05, 0) is 42.4 Å². The lowest BCUT2D eigenvalue weighted by atomic mass is 9.82. The molecule has 4 atom stereocenters. The number of amides is 2. The normalized spacial score (nSPS) is 29.2. The summed E-state index contributed by atoms with van der Waals surface area (Å²) >= 11 is 0. The third-order valence-electron chi connectivity index (χ3n) is 5.39. The number of carbonyl (C=O) groups excluding carboxylic acids is 2. The van der Waals surface area contributed by atoms with E-state index in [0.717, 1.165) is 5.56 Å². The second-order valence-electron chi connectivity index (χ2n) is 6.86. The quantitative estimate of drug-likeness (QED) is 0.732. The van der Waals surface area contributed by atoms with Crippen LogP contribution in [0.25, 0.3) is 0 Å². The molecule has 2 aliphatic carbocycles. The van der Waals surface area contributed by atoms with Crippen LogP contribution in [0.2, 0.25) is 0 Å². The summed E-state index contributed by atoms with van der Waals surface area (Å²) in [6, 6.07) is 2.71. The summed E-state index contributed by atoms with van der Waals surface area (Å²) in [5.41, 5.74) is 1.19. The lowest BCUT2D eigenvalue weighted by Crippen LogP contribution is -2.36. The SMILES string of the molecule is O=C1CCc2cc(NC(=O)[C@@H]3[C@H](C(=O)O)[C@H]4C=C[C@H]3C4)c(F)cc2N1. The van der Waals surface area contributed by atoms with Gasteiger partial charge in [-0.3, -0.25) is 14.4 Å². The van der Waals surface area contributed by atoms with Gasteiger partial charge in [0, 0.05) is 12.1 Å². The van der Waals surface area contributed by atoms with Crippen LogP contribution < -0.4 is 10.6 Å². The first-order chi connectivity index (χ1) is 11.9. The molecule has 0 unspecified atom stereocenters. The van der Waals surface area contributed by atoms with Gasteiger partial charge in [-0.2, -0.15) is 0 Å². The van der Waals surface area contributed by atoms with Crippen molar-refractivity contribution in [3.63, 3.8) is 0 Å². The Morgan fingerprint density at radius 1 is 1.16 bits per heavy atom. The smallest absolute Gasteiger partial charge is 0.307 e.